The second kappa shape index (κ2) is 9.08. The second-order valence-electron chi connectivity index (χ2n) is 8.02. The Kier molecular flexibility index (Phi) is 6.09. The molecular weight excluding hydrogens is 501 g/mol. The third-order valence-electron chi connectivity index (χ3n) is 5.76. The number of methoxy groups -OCH3 is 1. The number of nitrogens with zero attached hydrogens (tertiary/aromatic N) is 3. The molecule has 0 bridgehead atoms. The molecule has 35 heavy (non-hydrogen) atoms. The van der Waals surface area contributed by atoms with E-state index in [-0.39, 0.29) is 17.0 Å². The Bertz CT molecular complexity index is 1420. The van der Waals surface area contributed by atoms with Crippen LogP contribution >= 0.6 is 22.7 Å². The Morgan fingerprint density at radius 3 is 2.69 bits per heavy atom. The Morgan fingerprint density at radius 2 is 1.97 bits per heavy atom. The van der Waals surface area contributed by atoms with Gasteiger partial charge in [-0.3, -0.25) is 4.79 Å². The topological polar surface area (TPSA) is 85.6 Å². The Labute approximate surface area is 205 Å². The highest BCUT2D eigenvalue weighted by atomic mass is 32.1. The van der Waals surface area contributed by atoms with Crippen LogP contribution < -0.4 is 5.32 Å². The van der Waals surface area contributed by atoms with Gasteiger partial charge in [-0.1, -0.05) is 12.5 Å². The lowest BCUT2D eigenvalue weighted by Gasteiger charge is -2.10. The zero-order chi connectivity index (χ0) is 24.7. The monoisotopic (exact) mass is 520 g/mol. The number of alkyl halides is 3. The summed E-state index contributed by atoms with van der Waals surface area (Å²) in [6.07, 6.45) is -0.273. The molecule has 0 fully saturated rings. The van der Waals surface area contributed by atoms with Crippen molar-refractivity contribution in [1.29, 1.82) is 0 Å². The average molecular weight is 521 g/mol. The quantitative estimate of drug-likeness (QED) is 0.270. The van der Waals surface area contributed by atoms with Crippen molar-refractivity contribution in [2.24, 2.45) is 0 Å². The molecule has 182 valence electrons. The van der Waals surface area contributed by atoms with E-state index < -0.39 is 23.7 Å². The molecule has 0 aliphatic heterocycles. The van der Waals surface area contributed by atoms with Gasteiger partial charge in [0.15, 0.2) is 17.0 Å². The van der Waals surface area contributed by atoms with Crippen molar-refractivity contribution in [3.8, 4) is 10.6 Å². The lowest BCUT2D eigenvalue weighted by molar-refractivity contribution is -0.142. The summed E-state index contributed by atoms with van der Waals surface area (Å²) in [5.74, 6) is -1.29. The molecule has 1 N–H and O–H groups in total. The fourth-order valence-electron chi connectivity index (χ4n) is 4.15. The Hall–Kier alpha value is -3.25. The van der Waals surface area contributed by atoms with Gasteiger partial charge in [0.05, 0.1) is 23.2 Å². The summed E-state index contributed by atoms with van der Waals surface area (Å²) in [5, 5.41) is 8.64. The molecule has 4 heterocycles. The molecule has 0 saturated carbocycles. The molecular formula is C23H19F3N4O3S2. The minimum atomic E-state index is -4.71. The number of esters is 1. The van der Waals surface area contributed by atoms with Crippen molar-refractivity contribution < 1.29 is 27.5 Å². The first-order valence-corrected chi connectivity index (χ1v) is 12.5. The molecule has 1 amide bonds. The summed E-state index contributed by atoms with van der Waals surface area (Å²) in [4.78, 5) is 31.4. The van der Waals surface area contributed by atoms with Crippen molar-refractivity contribution in [3.63, 3.8) is 0 Å². The molecule has 0 aromatic carbocycles. The number of thiophene rings is 2. The largest absolute Gasteiger partial charge is 0.465 e. The van der Waals surface area contributed by atoms with Gasteiger partial charge in [-0.25, -0.2) is 14.3 Å². The number of aryl methyl sites for hydroxylation is 1. The first-order valence-electron chi connectivity index (χ1n) is 10.8. The van der Waals surface area contributed by atoms with E-state index in [0.717, 1.165) is 42.2 Å². The van der Waals surface area contributed by atoms with Crippen molar-refractivity contribution in [2.45, 2.75) is 38.3 Å². The van der Waals surface area contributed by atoms with Gasteiger partial charge < -0.3 is 10.1 Å². The molecule has 1 aliphatic carbocycles. The summed E-state index contributed by atoms with van der Waals surface area (Å²) < 4.78 is 47.0. The van der Waals surface area contributed by atoms with Crippen LogP contribution in [0.1, 0.15) is 56.2 Å². The Balaban J connectivity index is 1.54. The minimum Gasteiger partial charge on any atom is -0.465 e. The number of hydrogen-bond donors (Lipinski definition) is 1. The smallest absolute Gasteiger partial charge is 0.433 e. The van der Waals surface area contributed by atoms with Crippen LogP contribution in [0.5, 0.6) is 0 Å². The van der Waals surface area contributed by atoms with Crippen molar-refractivity contribution in [1.82, 2.24) is 14.6 Å². The number of aromatic nitrogens is 3. The normalized spacial score (nSPS) is 13.9. The van der Waals surface area contributed by atoms with Gasteiger partial charge >= 0.3 is 12.1 Å². The van der Waals surface area contributed by atoms with Crippen molar-refractivity contribution >= 4 is 45.2 Å². The van der Waals surface area contributed by atoms with E-state index in [1.54, 1.807) is 17.5 Å². The molecule has 0 spiro atoms. The highest BCUT2D eigenvalue weighted by Gasteiger charge is 2.36. The van der Waals surface area contributed by atoms with Gasteiger partial charge in [0.2, 0.25) is 0 Å². The van der Waals surface area contributed by atoms with Gasteiger partial charge in [0, 0.05) is 10.9 Å². The van der Waals surface area contributed by atoms with E-state index in [0.29, 0.717) is 26.4 Å². The second-order valence-corrected chi connectivity index (χ2v) is 10.1. The predicted molar refractivity (Wildman–Crippen MR) is 126 cm³/mol. The van der Waals surface area contributed by atoms with E-state index in [1.165, 1.54) is 35.8 Å². The van der Waals surface area contributed by atoms with E-state index >= 15 is 0 Å². The fourth-order valence-corrected chi connectivity index (χ4v) is 6.11. The lowest BCUT2D eigenvalue weighted by Crippen LogP contribution is -2.16. The molecule has 0 radical (unpaired) electrons. The third-order valence-corrected chi connectivity index (χ3v) is 7.86. The van der Waals surface area contributed by atoms with E-state index in [1.807, 2.05) is 0 Å². The maximum Gasteiger partial charge on any atom is 0.433 e. The van der Waals surface area contributed by atoms with Gasteiger partial charge in [-0.2, -0.15) is 18.3 Å². The third kappa shape index (κ3) is 4.43. The molecule has 0 saturated heterocycles. The molecule has 4 aromatic rings. The van der Waals surface area contributed by atoms with Crippen LogP contribution in [0.25, 0.3) is 16.2 Å². The van der Waals surface area contributed by atoms with Gasteiger partial charge in [0.1, 0.15) is 5.00 Å². The van der Waals surface area contributed by atoms with Crippen LogP contribution in [0.2, 0.25) is 0 Å². The Morgan fingerprint density at radius 1 is 1.17 bits per heavy atom. The first kappa shape index (κ1) is 23.5. The molecule has 12 heteroatoms. The standard InChI is InChI=1S/C23H19F3N4O3S2/c1-33-22(32)19-12-6-3-2-4-7-15(12)35-21(19)28-20(31)14-11-18-27-13(16-8-5-9-34-16)10-17(23(24,25)26)30(18)29-14/h5,8-11H,2-4,6-7H2,1H3,(H,28,31). The fraction of sp³-hybridized carbons (Fsp3) is 0.304. The molecule has 5 rings (SSSR count). The van der Waals surface area contributed by atoms with Gasteiger partial charge in [0.25, 0.3) is 5.91 Å². The van der Waals surface area contributed by atoms with Crippen LogP contribution in [0.15, 0.2) is 29.6 Å². The van der Waals surface area contributed by atoms with Crippen LogP contribution in [-0.4, -0.2) is 33.6 Å². The van der Waals surface area contributed by atoms with Crippen LogP contribution in [0.3, 0.4) is 0 Å². The maximum absolute atomic E-state index is 13.8. The number of hydrogen-bond acceptors (Lipinski definition) is 7. The number of carbonyl (C=O) groups excluding carboxylic acids is 2. The zero-order valence-corrected chi connectivity index (χ0v) is 20.1. The van der Waals surface area contributed by atoms with Crippen molar-refractivity contribution in [2.75, 3.05) is 12.4 Å². The number of rotatable bonds is 4. The number of carbonyl (C=O) groups is 2. The molecule has 4 aromatic heterocycles. The number of amides is 1. The van der Waals surface area contributed by atoms with Crippen molar-refractivity contribution in [3.05, 3.63) is 57.0 Å². The van der Waals surface area contributed by atoms with Gasteiger partial charge in [-0.05, 0) is 48.8 Å². The van der Waals surface area contributed by atoms with Crippen LogP contribution in [-0.2, 0) is 23.8 Å². The highest BCUT2D eigenvalue weighted by Crippen LogP contribution is 2.38. The predicted octanol–water partition coefficient (Wildman–Crippen LogP) is 5.85. The molecule has 0 atom stereocenters. The first-order chi connectivity index (χ1) is 16.8. The van der Waals surface area contributed by atoms with Crippen LogP contribution in [0.4, 0.5) is 18.2 Å². The van der Waals surface area contributed by atoms with E-state index in [2.05, 4.69) is 15.4 Å². The number of nitrogens with one attached hydrogen (secondary N) is 1. The lowest BCUT2D eigenvalue weighted by atomic mass is 10.1. The summed E-state index contributed by atoms with van der Waals surface area (Å²) in [6, 6.07) is 5.51. The SMILES string of the molecule is COC(=O)c1c(NC(=O)c2cc3nc(-c4cccs4)cc(C(F)(F)F)n3n2)sc2c1CCCCC2. The number of ether oxygens (including phenoxy) is 1. The summed E-state index contributed by atoms with van der Waals surface area (Å²) >= 11 is 2.55. The number of anilines is 1. The zero-order valence-electron chi connectivity index (χ0n) is 18.4. The highest BCUT2D eigenvalue weighted by molar-refractivity contribution is 7.17. The van der Waals surface area contributed by atoms with E-state index in [4.69, 9.17) is 4.74 Å². The van der Waals surface area contributed by atoms with E-state index in [9.17, 15) is 22.8 Å². The van der Waals surface area contributed by atoms with Crippen LogP contribution in [0, 0.1) is 0 Å². The summed E-state index contributed by atoms with van der Waals surface area (Å²) in [7, 11) is 1.27. The molecule has 0 unspecified atom stereocenters. The number of fused-ring (bicyclic) bond motifs is 2. The summed E-state index contributed by atoms with van der Waals surface area (Å²) in [5.41, 5.74) is -0.0779. The number of halogens is 3. The summed E-state index contributed by atoms with van der Waals surface area (Å²) in [6.45, 7) is 0. The minimum absolute atomic E-state index is 0.108. The molecule has 7 nitrogen and oxygen atoms in total. The molecule has 1 aliphatic rings. The average Bonchev–Trinajstić information content (AvgIpc) is 3.53. The van der Waals surface area contributed by atoms with Gasteiger partial charge in [-0.15, -0.1) is 22.7 Å². The maximum atomic E-state index is 13.8.